The summed E-state index contributed by atoms with van der Waals surface area (Å²) in [6.07, 6.45) is -0.413. The number of carbonyl (C=O) groups excluding carboxylic acids is 1. The van der Waals surface area contributed by atoms with Gasteiger partial charge in [-0.05, 0) is 18.1 Å². The van der Waals surface area contributed by atoms with Gasteiger partial charge in [-0.2, -0.15) is 0 Å². The van der Waals surface area contributed by atoms with E-state index in [-0.39, 0.29) is 6.61 Å². The van der Waals surface area contributed by atoms with E-state index >= 15 is 0 Å². The van der Waals surface area contributed by atoms with E-state index in [1.807, 2.05) is 60.7 Å². The summed E-state index contributed by atoms with van der Waals surface area (Å²) < 4.78 is 10.9. The van der Waals surface area contributed by atoms with Crippen molar-refractivity contribution in [3.8, 4) is 0 Å². The zero-order chi connectivity index (χ0) is 15.8. The van der Waals surface area contributed by atoms with E-state index in [2.05, 4.69) is 0 Å². The molecule has 0 radical (unpaired) electrons. The second-order valence-corrected chi connectivity index (χ2v) is 5.12. The van der Waals surface area contributed by atoms with Crippen molar-refractivity contribution in [2.45, 2.75) is 32.3 Å². The van der Waals surface area contributed by atoms with Gasteiger partial charge in [0.25, 0.3) is 0 Å². The van der Waals surface area contributed by atoms with Crippen LogP contribution in [0.2, 0.25) is 0 Å². The second-order valence-electron chi connectivity index (χ2n) is 5.12. The van der Waals surface area contributed by atoms with Crippen LogP contribution in [0, 0.1) is 0 Å². The van der Waals surface area contributed by atoms with Crippen LogP contribution < -0.4 is 5.73 Å². The van der Waals surface area contributed by atoms with Crippen molar-refractivity contribution in [2.75, 3.05) is 0 Å². The zero-order valence-corrected chi connectivity index (χ0v) is 12.6. The third-order valence-corrected chi connectivity index (χ3v) is 3.36. The molecule has 4 heteroatoms. The Kier molecular flexibility index (Phi) is 6.13. The molecule has 2 N–H and O–H groups in total. The van der Waals surface area contributed by atoms with Gasteiger partial charge in [0.2, 0.25) is 0 Å². The lowest BCUT2D eigenvalue weighted by Crippen LogP contribution is -2.42. The predicted molar refractivity (Wildman–Crippen MR) is 84.9 cm³/mol. The molecule has 0 fully saturated rings. The summed E-state index contributed by atoms with van der Waals surface area (Å²) in [7, 11) is 0. The molecule has 0 saturated carbocycles. The highest BCUT2D eigenvalue weighted by atomic mass is 16.5. The molecule has 0 aliphatic rings. The standard InChI is InChI=1S/C18H21NO3/c1-14(21-12-15-8-4-2-5-9-15)17(19)18(20)22-13-16-10-6-3-7-11-16/h2-11,14,17H,12-13,19H2,1H3/t14?,17-/m0/s1. The van der Waals surface area contributed by atoms with Crippen molar-refractivity contribution in [1.29, 1.82) is 0 Å². The van der Waals surface area contributed by atoms with Crippen molar-refractivity contribution in [3.63, 3.8) is 0 Å². The Labute approximate surface area is 130 Å². The monoisotopic (exact) mass is 299 g/mol. The summed E-state index contributed by atoms with van der Waals surface area (Å²) in [5.74, 6) is -0.454. The first-order chi connectivity index (χ1) is 10.7. The number of rotatable bonds is 7. The van der Waals surface area contributed by atoms with Crippen LogP contribution in [0.15, 0.2) is 60.7 Å². The molecule has 0 heterocycles. The fourth-order valence-corrected chi connectivity index (χ4v) is 1.92. The number of ether oxygens (including phenoxy) is 2. The first kappa shape index (κ1) is 16.2. The Balaban J connectivity index is 1.77. The van der Waals surface area contributed by atoms with E-state index in [9.17, 15) is 4.79 Å². The van der Waals surface area contributed by atoms with Gasteiger partial charge in [0, 0.05) is 0 Å². The molecule has 22 heavy (non-hydrogen) atoms. The van der Waals surface area contributed by atoms with Crippen molar-refractivity contribution >= 4 is 5.97 Å². The number of nitrogens with two attached hydrogens (primary N) is 1. The molecule has 116 valence electrons. The Bertz CT molecular complexity index is 571. The minimum absolute atomic E-state index is 0.221. The first-order valence-corrected chi connectivity index (χ1v) is 7.28. The Morgan fingerprint density at radius 3 is 2.00 bits per heavy atom. The number of benzene rings is 2. The molecular formula is C18H21NO3. The van der Waals surface area contributed by atoms with E-state index in [1.165, 1.54) is 0 Å². The molecule has 0 aliphatic heterocycles. The minimum atomic E-state index is -0.799. The summed E-state index contributed by atoms with van der Waals surface area (Å²) >= 11 is 0. The molecule has 2 rings (SSSR count). The van der Waals surface area contributed by atoms with Gasteiger partial charge < -0.3 is 15.2 Å². The maximum Gasteiger partial charge on any atom is 0.325 e. The van der Waals surface area contributed by atoms with Crippen LogP contribution in [-0.4, -0.2) is 18.1 Å². The number of hydrogen-bond donors (Lipinski definition) is 1. The van der Waals surface area contributed by atoms with Crippen molar-refractivity contribution in [3.05, 3.63) is 71.8 Å². The Hall–Kier alpha value is -2.17. The van der Waals surface area contributed by atoms with Gasteiger partial charge in [-0.1, -0.05) is 60.7 Å². The smallest absolute Gasteiger partial charge is 0.325 e. The molecule has 2 aromatic carbocycles. The molecule has 4 nitrogen and oxygen atoms in total. The average Bonchev–Trinajstić information content (AvgIpc) is 2.58. The third kappa shape index (κ3) is 4.98. The maximum atomic E-state index is 11.9. The lowest BCUT2D eigenvalue weighted by molar-refractivity contribution is -0.150. The van der Waals surface area contributed by atoms with Crippen LogP contribution in [0.25, 0.3) is 0 Å². The Morgan fingerprint density at radius 1 is 0.955 bits per heavy atom. The molecule has 2 atom stereocenters. The summed E-state index contributed by atoms with van der Waals surface area (Å²) in [6.45, 7) is 2.41. The summed E-state index contributed by atoms with van der Waals surface area (Å²) in [6, 6.07) is 18.5. The normalized spacial score (nSPS) is 13.4. The van der Waals surface area contributed by atoms with E-state index < -0.39 is 18.1 Å². The van der Waals surface area contributed by atoms with E-state index in [0.717, 1.165) is 11.1 Å². The quantitative estimate of drug-likeness (QED) is 0.798. The van der Waals surface area contributed by atoms with Gasteiger partial charge in [0.15, 0.2) is 0 Å². The summed E-state index contributed by atoms with van der Waals surface area (Å²) in [4.78, 5) is 11.9. The van der Waals surface area contributed by atoms with Gasteiger partial charge >= 0.3 is 5.97 Å². The van der Waals surface area contributed by atoms with Crippen molar-refractivity contribution < 1.29 is 14.3 Å². The molecule has 0 aromatic heterocycles. The highest BCUT2D eigenvalue weighted by Crippen LogP contribution is 2.07. The molecule has 0 spiro atoms. The van der Waals surface area contributed by atoms with Crippen LogP contribution in [-0.2, 0) is 27.5 Å². The van der Waals surface area contributed by atoms with Crippen LogP contribution in [0.1, 0.15) is 18.1 Å². The molecule has 0 aliphatic carbocycles. The number of carbonyl (C=O) groups is 1. The summed E-state index contributed by atoms with van der Waals surface area (Å²) in [5.41, 5.74) is 7.86. The second kappa shape index (κ2) is 8.32. The van der Waals surface area contributed by atoms with Gasteiger partial charge in [0.05, 0.1) is 12.7 Å². The molecular weight excluding hydrogens is 278 g/mol. The molecule has 1 unspecified atom stereocenters. The minimum Gasteiger partial charge on any atom is -0.460 e. The maximum absolute atomic E-state index is 11.9. The van der Waals surface area contributed by atoms with Crippen molar-refractivity contribution in [1.82, 2.24) is 0 Å². The zero-order valence-electron chi connectivity index (χ0n) is 12.6. The highest BCUT2D eigenvalue weighted by Gasteiger charge is 2.23. The molecule has 2 aromatic rings. The average molecular weight is 299 g/mol. The largest absolute Gasteiger partial charge is 0.460 e. The van der Waals surface area contributed by atoms with Crippen molar-refractivity contribution in [2.24, 2.45) is 5.73 Å². The fourth-order valence-electron chi connectivity index (χ4n) is 1.92. The van der Waals surface area contributed by atoms with E-state index in [4.69, 9.17) is 15.2 Å². The van der Waals surface area contributed by atoms with Crippen LogP contribution >= 0.6 is 0 Å². The topological polar surface area (TPSA) is 61.5 Å². The SMILES string of the molecule is CC(OCc1ccccc1)[C@H](N)C(=O)OCc1ccccc1. The number of esters is 1. The van der Waals surface area contributed by atoms with Gasteiger partial charge in [-0.25, -0.2) is 0 Å². The molecule has 0 bridgehead atoms. The van der Waals surface area contributed by atoms with E-state index in [1.54, 1.807) is 6.92 Å². The number of hydrogen-bond acceptors (Lipinski definition) is 4. The fraction of sp³-hybridized carbons (Fsp3) is 0.278. The third-order valence-electron chi connectivity index (χ3n) is 3.36. The highest BCUT2D eigenvalue weighted by molar-refractivity contribution is 5.76. The molecule has 0 amide bonds. The Morgan fingerprint density at radius 2 is 1.45 bits per heavy atom. The lowest BCUT2D eigenvalue weighted by atomic mass is 10.2. The van der Waals surface area contributed by atoms with Gasteiger partial charge in [-0.3, -0.25) is 4.79 Å². The predicted octanol–water partition coefficient (Wildman–Crippen LogP) is 2.66. The van der Waals surface area contributed by atoms with Crippen LogP contribution in [0.3, 0.4) is 0 Å². The lowest BCUT2D eigenvalue weighted by Gasteiger charge is -2.19. The first-order valence-electron chi connectivity index (χ1n) is 7.28. The molecule has 0 saturated heterocycles. The summed E-state index contributed by atoms with van der Waals surface area (Å²) in [5, 5.41) is 0. The van der Waals surface area contributed by atoms with Gasteiger partial charge in [-0.15, -0.1) is 0 Å². The van der Waals surface area contributed by atoms with Crippen LogP contribution in [0.4, 0.5) is 0 Å². The van der Waals surface area contributed by atoms with E-state index in [0.29, 0.717) is 6.61 Å². The van der Waals surface area contributed by atoms with Crippen LogP contribution in [0.5, 0.6) is 0 Å². The van der Waals surface area contributed by atoms with Gasteiger partial charge in [0.1, 0.15) is 12.6 Å².